The molecule has 8 heteroatoms. The zero-order chi connectivity index (χ0) is 15.7. The zero-order valence-corrected chi connectivity index (χ0v) is 12.7. The predicted octanol–water partition coefficient (Wildman–Crippen LogP) is 2.80. The van der Waals surface area contributed by atoms with Gasteiger partial charge in [0.2, 0.25) is 5.91 Å². The first-order chi connectivity index (χ1) is 10.5. The molecule has 2 heterocycles. The maximum atomic E-state index is 12.1. The summed E-state index contributed by atoms with van der Waals surface area (Å²) in [4.78, 5) is 31.3. The van der Waals surface area contributed by atoms with E-state index in [-0.39, 0.29) is 17.5 Å². The van der Waals surface area contributed by atoms with Gasteiger partial charge in [-0.05, 0) is 12.1 Å². The van der Waals surface area contributed by atoms with Crippen LogP contribution in [0.2, 0.25) is 0 Å². The molecule has 3 rings (SSSR count). The SMILES string of the molecule is CC(=O)Nc1nc(C(=O)Nc2ccc3nc(C)oc3c2)cs1. The Balaban J connectivity index is 1.77. The number of hydrogen-bond donors (Lipinski definition) is 2. The first-order valence-corrected chi connectivity index (χ1v) is 7.31. The van der Waals surface area contributed by atoms with Gasteiger partial charge in [-0.25, -0.2) is 9.97 Å². The van der Waals surface area contributed by atoms with Gasteiger partial charge >= 0.3 is 0 Å². The van der Waals surface area contributed by atoms with E-state index in [0.717, 1.165) is 5.52 Å². The lowest BCUT2D eigenvalue weighted by atomic mass is 10.3. The van der Waals surface area contributed by atoms with Gasteiger partial charge in [0, 0.05) is 31.0 Å². The lowest BCUT2D eigenvalue weighted by molar-refractivity contribution is -0.114. The summed E-state index contributed by atoms with van der Waals surface area (Å²) in [5.41, 5.74) is 2.16. The van der Waals surface area contributed by atoms with Crippen molar-refractivity contribution in [2.45, 2.75) is 13.8 Å². The van der Waals surface area contributed by atoms with E-state index in [0.29, 0.717) is 22.3 Å². The number of thiazole rings is 1. The molecular weight excluding hydrogens is 304 g/mol. The van der Waals surface area contributed by atoms with Gasteiger partial charge < -0.3 is 15.1 Å². The van der Waals surface area contributed by atoms with Crippen LogP contribution in [0.25, 0.3) is 11.1 Å². The van der Waals surface area contributed by atoms with E-state index in [4.69, 9.17) is 4.42 Å². The minimum Gasteiger partial charge on any atom is -0.441 e. The highest BCUT2D eigenvalue weighted by atomic mass is 32.1. The lowest BCUT2D eigenvalue weighted by Gasteiger charge is -2.02. The third-order valence-corrected chi connectivity index (χ3v) is 3.53. The number of aryl methyl sites for hydroxylation is 1. The molecule has 7 nitrogen and oxygen atoms in total. The first-order valence-electron chi connectivity index (χ1n) is 6.43. The van der Waals surface area contributed by atoms with Gasteiger partial charge in [-0.15, -0.1) is 11.3 Å². The van der Waals surface area contributed by atoms with Crippen LogP contribution in [0.5, 0.6) is 0 Å². The summed E-state index contributed by atoms with van der Waals surface area (Å²) in [5.74, 6) is -0.0196. The molecule has 0 aliphatic carbocycles. The van der Waals surface area contributed by atoms with Crippen LogP contribution in [0.1, 0.15) is 23.3 Å². The molecule has 0 saturated heterocycles. The number of hydrogen-bond acceptors (Lipinski definition) is 6. The van der Waals surface area contributed by atoms with Crippen molar-refractivity contribution < 1.29 is 14.0 Å². The van der Waals surface area contributed by atoms with Gasteiger partial charge in [0.25, 0.3) is 5.91 Å². The second kappa shape index (κ2) is 5.57. The number of aromatic nitrogens is 2. The Bertz CT molecular complexity index is 868. The van der Waals surface area contributed by atoms with Crippen LogP contribution in [-0.4, -0.2) is 21.8 Å². The number of oxazole rings is 1. The maximum absolute atomic E-state index is 12.1. The third kappa shape index (κ3) is 2.96. The maximum Gasteiger partial charge on any atom is 0.275 e. The molecule has 1 aromatic carbocycles. The standard InChI is InChI=1S/C14H12N4O3S/c1-7(19)15-14-18-11(6-22-14)13(20)17-9-3-4-10-12(5-9)21-8(2)16-10/h3-6H,1-2H3,(H,17,20)(H,15,18,19). The lowest BCUT2D eigenvalue weighted by Crippen LogP contribution is -2.13. The van der Waals surface area contributed by atoms with E-state index in [9.17, 15) is 9.59 Å². The van der Waals surface area contributed by atoms with E-state index >= 15 is 0 Å². The van der Waals surface area contributed by atoms with Crippen LogP contribution in [-0.2, 0) is 4.79 Å². The largest absolute Gasteiger partial charge is 0.441 e. The average molecular weight is 316 g/mol. The Morgan fingerprint density at radius 3 is 2.82 bits per heavy atom. The van der Waals surface area contributed by atoms with Gasteiger partial charge in [0.15, 0.2) is 16.6 Å². The van der Waals surface area contributed by atoms with Crippen molar-refractivity contribution in [3.05, 3.63) is 35.2 Å². The number of carbonyl (C=O) groups excluding carboxylic acids is 2. The smallest absolute Gasteiger partial charge is 0.275 e. The fourth-order valence-corrected chi connectivity index (χ4v) is 2.64. The monoisotopic (exact) mass is 316 g/mol. The molecule has 22 heavy (non-hydrogen) atoms. The molecule has 0 radical (unpaired) electrons. The van der Waals surface area contributed by atoms with Gasteiger partial charge in [-0.3, -0.25) is 9.59 Å². The second-order valence-electron chi connectivity index (χ2n) is 4.59. The predicted molar refractivity (Wildman–Crippen MR) is 83.1 cm³/mol. The van der Waals surface area contributed by atoms with Crippen LogP contribution in [0, 0.1) is 6.92 Å². The molecule has 0 saturated carbocycles. The van der Waals surface area contributed by atoms with Crippen molar-refractivity contribution in [2.75, 3.05) is 10.6 Å². The molecule has 2 aromatic heterocycles. The Morgan fingerprint density at radius 1 is 1.23 bits per heavy atom. The molecule has 0 bridgehead atoms. The van der Waals surface area contributed by atoms with Crippen molar-refractivity contribution in [3.63, 3.8) is 0 Å². The number of fused-ring (bicyclic) bond motifs is 1. The van der Waals surface area contributed by atoms with Crippen LogP contribution in [0.15, 0.2) is 28.0 Å². The van der Waals surface area contributed by atoms with Crippen LogP contribution in [0.4, 0.5) is 10.8 Å². The molecule has 2 amide bonds. The number of carbonyl (C=O) groups is 2. The van der Waals surface area contributed by atoms with E-state index in [2.05, 4.69) is 20.6 Å². The summed E-state index contributed by atoms with van der Waals surface area (Å²) in [6.45, 7) is 3.15. The number of benzene rings is 1. The van der Waals surface area contributed by atoms with Gasteiger partial charge in [-0.2, -0.15) is 0 Å². The Morgan fingerprint density at radius 2 is 2.05 bits per heavy atom. The van der Waals surface area contributed by atoms with Crippen molar-refractivity contribution in [1.82, 2.24) is 9.97 Å². The van der Waals surface area contributed by atoms with E-state index in [1.54, 1.807) is 30.5 Å². The van der Waals surface area contributed by atoms with E-state index < -0.39 is 0 Å². The van der Waals surface area contributed by atoms with Crippen molar-refractivity contribution in [2.24, 2.45) is 0 Å². The van der Waals surface area contributed by atoms with E-state index in [1.165, 1.54) is 18.3 Å². The summed E-state index contributed by atoms with van der Waals surface area (Å²) in [7, 11) is 0. The van der Waals surface area contributed by atoms with Gasteiger partial charge in [0.05, 0.1) is 0 Å². The highest BCUT2D eigenvalue weighted by Gasteiger charge is 2.12. The molecule has 112 valence electrons. The summed E-state index contributed by atoms with van der Waals surface area (Å²) in [6, 6.07) is 5.21. The van der Waals surface area contributed by atoms with Gasteiger partial charge in [-0.1, -0.05) is 0 Å². The number of anilines is 2. The molecule has 0 atom stereocenters. The van der Waals surface area contributed by atoms with Crippen molar-refractivity contribution in [1.29, 1.82) is 0 Å². The normalized spacial score (nSPS) is 10.6. The topological polar surface area (TPSA) is 97.1 Å². The minimum atomic E-state index is -0.358. The number of nitrogens with one attached hydrogen (secondary N) is 2. The molecule has 0 aliphatic rings. The molecule has 0 fully saturated rings. The quantitative estimate of drug-likeness (QED) is 0.774. The fraction of sp³-hybridized carbons (Fsp3) is 0.143. The molecular formula is C14H12N4O3S. The van der Waals surface area contributed by atoms with Crippen molar-refractivity contribution in [3.8, 4) is 0 Å². The van der Waals surface area contributed by atoms with E-state index in [1.807, 2.05) is 0 Å². The highest BCUT2D eigenvalue weighted by Crippen LogP contribution is 2.21. The van der Waals surface area contributed by atoms with Crippen LogP contribution < -0.4 is 10.6 Å². The second-order valence-corrected chi connectivity index (χ2v) is 5.45. The zero-order valence-electron chi connectivity index (χ0n) is 11.8. The Kier molecular flexibility index (Phi) is 3.60. The summed E-state index contributed by atoms with van der Waals surface area (Å²) in [5, 5.41) is 7.24. The summed E-state index contributed by atoms with van der Waals surface area (Å²) < 4.78 is 5.42. The molecule has 3 aromatic rings. The highest BCUT2D eigenvalue weighted by molar-refractivity contribution is 7.14. The van der Waals surface area contributed by atoms with Crippen molar-refractivity contribution >= 4 is 45.1 Å². The number of amides is 2. The van der Waals surface area contributed by atoms with Gasteiger partial charge in [0.1, 0.15) is 11.2 Å². The third-order valence-electron chi connectivity index (χ3n) is 2.77. The molecule has 0 aliphatic heterocycles. The Hall–Kier alpha value is -2.74. The average Bonchev–Trinajstić information content (AvgIpc) is 3.03. The molecule has 0 spiro atoms. The molecule has 0 unspecified atom stereocenters. The fourth-order valence-electron chi connectivity index (χ4n) is 1.90. The number of rotatable bonds is 3. The first kappa shape index (κ1) is 14.2. The Labute approximate surface area is 129 Å². The minimum absolute atomic E-state index is 0.229. The van der Waals surface area contributed by atoms with Crippen LogP contribution >= 0.6 is 11.3 Å². The summed E-state index contributed by atoms with van der Waals surface area (Å²) >= 11 is 1.19. The summed E-state index contributed by atoms with van der Waals surface area (Å²) in [6.07, 6.45) is 0. The van der Waals surface area contributed by atoms with Crippen LogP contribution in [0.3, 0.4) is 0 Å². The number of nitrogens with zero attached hydrogens (tertiary/aromatic N) is 2. The molecule has 2 N–H and O–H groups in total.